The maximum Gasteiger partial charge on any atom is 0.228 e. The molecule has 0 saturated heterocycles. The number of nitrogens with two attached hydrogens (primary N) is 1. The molecule has 2 atom stereocenters. The van der Waals surface area contributed by atoms with Gasteiger partial charge in [0.05, 0.1) is 12.0 Å². The minimum Gasteiger partial charge on any atom is -0.409 e. The predicted octanol–water partition coefficient (Wildman–Crippen LogP) is 2.20. The molecule has 6 heteroatoms. The zero-order chi connectivity index (χ0) is 14.5. The summed E-state index contributed by atoms with van der Waals surface area (Å²) in [6.07, 6.45) is 4.49. The molecule has 1 aliphatic carbocycles. The van der Waals surface area contributed by atoms with Gasteiger partial charge >= 0.3 is 0 Å². The summed E-state index contributed by atoms with van der Waals surface area (Å²) >= 11 is 1.72. The van der Waals surface area contributed by atoms with Gasteiger partial charge in [-0.05, 0) is 42.7 Å². The summed E-state index contributed by atoms with van der Waals surface area (Å²) < 4.78 is 0. The number of rotatable bonds is 5. The van der Waals surface area contributed by atoms with E-state index in [1.54, 1.807) is 11.3 Å². The standard InChI is InChI=1S/C14H21N3O2S/c1-2-4-11(13(15)17-19)16-14(18)10-5-3-6-12-9(10)7-8-20-12/h7-8,10-11,19H,2-6H2,1H3,(H2,15,17)(H,16,18). The highest BCUT2D eigenvalue weighted by Crippen LogP contribution is 2.35. The summed E-state index contributed by atoms with van der Waals surface area (Å²) in [4.78, 5) is 13.8. The fourth-order valence-corrected chi connectivity index (χ4v) is 3.67. The van der Waals surface area contributed by atoms with E-state index in [0.717, 1.165) is 31.2 Å². The van der Waals surface area contributed by atoms with Crippen LogP contribution in [0.5, 0.6) is 0 Å². The van der Waals surface area contributed by atoms with E-state index in [-0.39, 0.29) is 23.7 Å². The van der Waals surface area contributed by atoms with E-state index in [1.807, 2.05) is 18.4 Å². The minimum absolute atomic E-state index is 0.0191. The number of nitrogens with one attached hydrogen (secondary N) is 1. The van der Waals surface area contributed by atoms with Crippen molar-refractivity contribution in [3.05, 3.63) is 21.9 Å². The fraction of sp³-hybridized carbons (Fsp3) is 0.571. The molecule has 0 fully saturated rings. The molecule has 110 valence electrons. The van der Waals surface area contributed by atoms with Crippen molar-refractivity contribution in [1.29, 1.82) is 0 Å². The molecule has 0 radical (unpaired) electrons. The quantitative estimate of drug-likeness (QED) is 0.337. The van der Waals surface area contributed by atoms with Crippen LogP contribution in [0.15, 0.2) is 16.6 Å². The Kier molecular flexibility index (Phi) is 5.00. The largest absolute Gasteiger partial charge is 0.409 e. The first-order chi connectivity index (χ1) is 9.67. The fourth-order valence-electron chi connectivity index (χ4n) is 2.68. The first-order valence-electron chi connectivity index (χ1n) is 7.01. The lowest BCUT2D eigenvalue weighted by Gasteiger charge is -2.24. The molecule has 4 N–H and O–H groups in total. The average molecular weight is 295 g/mol. The molecule has 0 bridgehead atoms. The third kappa shape index (κ3) is 3.12. The maximum atomic E-state index is 12.5. The highest BCUT2D eigenvalue weighted by atomic mass is 32.1. The molecular weight excluding hydrogens is 274 g/mol. The monoisotopic (exact) mass is 295 g/mol. The predicted molar refractivity (Wildman–Crippen MR) is 80.2 cm³/mol. The number of fused-ring (bicyclic) bond motifs is 1. The van der Waals surface area contributed by atoms with Crippen LogP contribution in [-0.4, -0.2) is 23.0 Å². The smallest absolute Gasteiger partial charge is 0.228 e. The molecule has 2 unspecified atom stereocenters. The third-order valence-corrected chi connectivity index (χ3v) is 4.73. The van der Waals surface area contributed by atoms with Crippen LogP contribution in [0.1, 0.15) is 49.0 Å². The molecule has 20 heavy (non-hydrogen) atoms. The summed E-state index contributed by atoms with van der Waals surface area (Å²) in [6, 6.07) is 1.66. The van der Waals surface area contributed by atoms with Gasteiger partial charge in [0.15, 0.2) is 5.84 Å². The number of carbonyl (C=O) groups is 1. The molecule has 1 heterocycles. The van der Waals surface area contributed by atoms with Crippen molar-refractivity contribution in [2.45, 2.75) is 51.0 Å². The number of carbonyl (C=O) groups excluding carboxylic acids is 1. The topological polar surface area (TPSA) is 87.7 Å². The van der Waals surface area contributed by atoms with Crippen molar-refractivity contribution in [3.63, 3.8) is 0 Å². The molecule has 1 aromatic heterocycles. The molecule has 0 aliphatic heterocycles. The zero-order valence-electron chi connectivity index (χ0n) is 11.6. The average Bonchev–Trinajstić information content (AvgIpc) is 2.94. The highest BCUT2D eigenvalue weighted by Gasteiger charge is 2.29. The van der Waals surface area contributed by atoms with Crippen molar-refractivity contribution >= 4 is 23.1 Å². The zero-order valence-corrected chi connectivity index (χ0v) is 12.4. The van der Waals surface area contributed by atoms with Crippen molar-refractivity contribution in [2.24, 2.45) is 10.9 Å². The lowest BCUT2D eigenvalue weighted by molar-refractivity contribution is -0.123. The number of hydrogen-bond donors (Lipinski definition) is 3. The van der Waals surface area contributed by atoms with Gasteiger partial charge in [-0.25, -0.2) is 0 Å². The second kappa shape index (κ2) is 6.74. The van der Waals surface area contributed by atoms with E-state index in [1.165, 1.54) is 4.88 Å². The SMILES string of the molecule is CCCC(NC(=O)C1CCCc2sccc21)/C(N)=N/O. The molecule has 0 aromatic carbocycles. The van der Waals surface area contributed by atoms with Crippen LogP contribution in [0.25, 0.3) is 0 Å². The Morgan fingerprint density at radius 3 is 3.20 bits per heavy atom. The Balaban J connectivity index is 2.09. The number of nitrogens with zero attached hydrogens (tertiary/aromatic N) is 1. The second-order valence-electron chi connectivity index (χ2n) is 5.12. The van der Waals surface area contributed by atoms with E-state index >= 15 is 0 Å². The van der Waals surface area contributed by atoms with E-state index in [4.69, 9.17) is 10.9 Å². The summed E-state index contributed by atoms with van der Waals surface area (Å²) in [6.45, 7) is 2.00. The Hall–Kier alpha value is -1.56. The van der Waals surface area contributed by atoms with Crippen molar-refractivity contribution < 1.29 is 10.0 Å². The van der Waals surface area contributed by atoms with Gasteiger partial charge in [0, 0.05) is 4.88 Å². The molecule has 1 amide bonds. The lowest BCUT2D eigenvalue weighted by Crippen LogP contribution is -2.46. The van der Waals surface area contributed by atoms with Crippen LogP contribution in [0.3, 0.4) is 0 Å². The van der Waals surface area contributed by atoms with Crippen molar-refractivity contribution in [2.75, 3.05) is 0 Å². The summed E-state index contributed by atoms with van der Waals surface area (Å²) in [5, 5.41) is 16.8. The molecule has 5 nitrogen and oxygen atoms in total. The second-order valence-corrected chi connectivity index (χ2v) is 6.12. The molecular formula is C14H21N3O2S. The van der Waals surface area contributed by atoms with E-state index in [9.17, 15) is 4.79 Å². The van der Waals surface area contributed by atoms with Gasteiger partial charge in [0.1, 0.15) is 0 Å². The minimum atomic E-state index is -0.387. The van der Waals surface area contributed by atoms with Crippen LogP contribution < -0.4 is 11.1 Å². The summed E-state index contributed by atoms with van der Waals surface area (Å²) in [7, 11) is 0. The first kappa shape index (κ1) is 14.8. The van der Waals surface area contributed by atoms with Crippen LogP contribution in [0.4, 0.5) is 0 Å². The maximum absolute atomic E-state index is 12.5. The van der Waals surface area contributed by atoms with E-state index in [0.29, 0.717) is 6.42 Å². The van der Waals surface area contributed by atoms with Gasteiger partial charge < -0.3 is 16.3 Å². The van der Waals surface area contributed by atoms with Gasteiger partial charge in [-0.1, -0.05) is 18.5 Å². The number of amidine groups is 1. The molecule has 1 aliphatic rings. The van der Waals surface area contributed by atoms with Gasteiger partial charge in [0.2, 0.25) is 5.91 Å². The Labute approximate surface area is 122 Å². The van der Waals surface area contributed by atoms with Crippen molar-refractivity contribution in [3.8, 4) is 0 Å². The van der Waals surface area contributed by atoms with Crippen LogP contribution in [0.2, 0.25) is 0 Å². The Morgan fingerprint density at radius 2 is 2.50 bits per heavy atom. The Morgan fingerprint density at radius 1 is 1.70 bits per heavy atom. The van der Waals surface area contributed by atoms with Crippen LogP contribution in [0, 0.1) is 0 Å². The van der Waals surface area contributed by atoms with E-state index < -0.39 is 0 Å². The van der Waals surface area contributed by atoms with Crippen LogP contribution in [-0.2, 0) is 11.2 Å². The van der Waals surface area contributed by atoms with Crippen molar-refractivity contribution in [1.82, 2.24) is 5.32 Å². The molecule has 1 aromatic rings. The molecule has 2 rings (SSSR count). The number of oxime groups is 1. The van der Waals surface area contributed by atoms with E-state index in [2.05, 4.69) is 10.5 Å². The lowest BCUT2D eigenvalue weighted by atomic mass is 9.87. The highest BCUT2D eigenvalue weighted by molar-refractivity contribution is 7.10. The third-order valence-electron chi connectivity index (χ3n) is 3.73. The molecule has 0 spiro atoms. The number of aryl methyl sites for hydroxylation is 1. The summed E-state index contributed by atoms with van der Waals surface area (Å²) in [5.74, 6) is -0.0493. The molecule has 0 saturated carbocycles. The van der Waals surface area contributed by atoms with Gasteiger partial charge in [0.25, 0.3) is 0 Å². The summed E-state index contributed by atoms with van der Waals surface area (Å²) in [5.41, 5.74) is 6.79. The number of hydrogen-bond acceptors (Lipinski definition) is 4. The van der Waals surface area contributed by atoms with Crippen LogP contribution >= 0.6 is 11.3 Å². The Bertz CT molecular complexity index is 498. The first-order valence-corrected chi connectivity index (χ1v) is 7.89. The van der Waals surface area contributed by atoms with Gasteiger partial charge in [-0.2, -0.15) is 0 Å². The normalized spacial score (nSPS) is 20.2. The van der Waals surface area contributed by atoms with Gasteiger partial charge in [-0.15, -0.1) is 11.3 Å². The number of thiophene rings is 1. The number of amides is 1. The van der Waals surface area contributed by atoms with Gasteiger partial charge in [-0.3, -0.25) is 4.79 Å².